The molecule has 1 aromatic rings. The fraction of sp³-hybridized carbons (Fsp3) is 0.500. The Kier molecular flexibility index (Phi) is 3.20. The Bertz CT molecular complexity index is 448. The molecule has 0 unspecified atom stereocenters. The Hall–Kier alpha value is -1.35. The summed E-state index contributed by atoms with van der Waals surface area (Å²) in [6, 6.07) is 4.13. The van der Waals surface area contributed by atoms with Crippen molar-refractivity contribution in [1.82, 2.24) is 0 Å². The summed E-state index contributed by atoms with van der Waals surface area (Å²) in [6.45, 7) is 3.96. The Morgan fingerprint density at radius 2 is 2.00 bits per heavy atom. The van der Waals surface area contributed by atoms with Crippen LogP contribution in [0.1, 0.15) is 34.3 Å². The van der Waals surface area contributed by atoms with E-state index < -0.39 is 0 Å². The van der Waals surface area contributed by atoms with Gasteiger partial charge in [-0.25, -0.2) is 0 Å². The van der Waals surface area contributed by atoms with E-state index in [1.54, 1.807) is 7.11 Å². The van der Waals surface area contributed by atoms with E-state index in [1.807, 2.05) is 26.0 Å². The minimum atomic E-state index is 0.0836. The molecule has 1 aliphatic carbocycles. The maximum Gasteiger partial charge on any atom is 0.170 e. The van der Waals surface area contributed by atoms with E-state index in [-0.39, 0.29) is 17.7 Å². The molecular formula is C14H19NO2. The van der Waals surface area contributed by atoms with Crippen LogP contribution >= 0.6 is 0 Å². The molecule has 17 heavy (non-hydrogen) atoms. The molecule has 3 nitrogen and oxygen atoms in total. The van der Waals surface area contributed by atoms with E-state index in [1.165, 1.54) is 0 Å². The maximum absolute atomic E-state index is 12.3. The van der Waals surface area contributed by atoms with Gasteiger partial charge in [0, 0.05) is 12.0 Å². The molecule has 0 heterocycles. The lowest BCUT2D eigenvalue weighted by Crippen LogP contribution is -2.40. The van der Waals surface area contributed by atoms with Crippen LogP contribution in [-0.2, 0) is 0 Å². The van der Waals surface area contributed by atoms with Gasteiger partial charge in [-0.05, 0) is 43.9 Å². The number of hydrogen-bond acceptors (Lipinski definition) is 3. The van der Waals surface area contributed by atoms with Crippen LogP contribution < -0.4 is 10.5 Å². The Morgan fingerprint density at radius 3 is 2.53 bits per heavy atom. The molecule has 0 radical (unpaired) electrons. The molecule has 0 amide bonds. The number of hydrogen-bond donors (Lipinski definition) is 1. The number of aryl methyl sites for hydroxylation is 2. The molecule has 0 saturated heterocycles. The number of methoxy groups -OCH3 is 1. The fourth-order valence-electron chi connectivity index (χ4n) is 2.49. The lowest BCUT2D eigenvalue weighted by Gasteiger charge is -2.31. The van der Waals surface area contributed by atoms with Gasteiger partial charge in [0.25, 0.3) is 0 Å². The first-order valence-electron chi connectivity index (χ1n) is 5.98. The lowest BCUT2D eigenvalue weighted by molar-refractivity contribution is 0.0829. The molecule has 3 heteroatoms. The summed E-state index contributed by atoms with van der Waals surface area (Å²) in [5, 5.41) is 0. The zero-order chi connectivity index (χ0) is 12.6. The van der Waals surface area contributed by atoms with Crippen molar-refractivity contribution in [3.8, 4) is 5.75 Å². The van der Waals surface area contributed by atoms with Gasteiger partial charge < -0.3 is 10.5 Å². The van der Waals surface area contributed by atoms with Gasteiger partial charge in [0.1, 0.15) is 5.75 Å². The maximum atomic E-state index is 12.3. The van der Waals surface area contributed by atoms with Crippen LogP contribution in [0.3, 0.4) is 0 Å². The van der Waals surface area contributed by atoms with E-state index in [9.17, 15) is 4.79 Å². The normalized spacial score (nSPS) is 23.1. The highest BCUT2D eigenvalue weighted by Gasteiger charge is 2.34. The van der Waals surface area contributed by atoms with Gasteiger partial charge in [0.15, 0.2) is 5.78 Å². The predicted molar refractivity (Wildman–Crippen MR) is 67.5 cm³/mol. The Balaban J connectivity index is 2.34. The minimum Gasteiger partial charge on any atom is -0.496 e. The second-order valence-corrected chi connectivity index (χ2v) is 4.95. The average molecular weight is 233 g/mol. The van der Waals surface area contributed by atoms with Gasteiger partial charge in [-0.1, -0.05) is 6.07 Å². The van der Waals surface area contributed by atoms with Crippen LogP contribution in [-0.4, -0.2) is 18.9 Å². The second-order valence-electron chi connectivity index (χ2n) is 4.95. The quantitative estimate of drug-likeness (QED) is 0.814. The molecule has 0 atom stereocenters. The van der Waals surface area contributed by atoms with Crippen molar-refractivity contribution in [2.45, 2.75) is 32.7 Å². The van der Waals surface area contributed by atoms with Crippen molar-refractivity contribution in [3.63, 3.8) is 0 Å². The van der Waals surface area contributed by atoms with Crippen molar-refractivity contribution in [2.75, 3.05) is 7.11 Å². The number of rotatable bonds is 3. The highest BCUT2D eigenvalue weighted by atomic mass is 16.5. The zero-order valence-corrected chi connectivity index (χ0v) is 10.6. The number of ketones is 1. The van der Waals surface area contributed by atoms with E-state index in [0.29, 0.717) is 5.75 Å². The van der Waals surface area contributed by atoms with E-state index in [2.05, 4.69) is 0 Å². The largest absolute Gasteiger partial charge is 0.496 e. The topological polar surface area (TPSA) is 52.3 Å². The second kappa shape index (κ2) is 4.49. The van der Waals surface area contributed by atoms with Gasteiger partial charge in [0.05, 0.1) is 12.7 Å². The van der Waals surface area contributed by atoms with Crippen LogP contribution in [0, 0.1) is 19.8 Å². The van der Waals surface area contributed by atoms with Crippen molar-refractivity contribution < 1.29 is 9.53 Å². The minimum absolute atomic E-state index is 0.0836. The summed E-state index contributed by atoms with van der Waals surface area (Å²) < 4.78 is 5.32. The predicted octanol–water partition coefficient (Wildman–Crippen LogP) is 2.23. The number of Topliss-reactive ketones (excluding diaryl/α,β-unsaturated/α-hetero) is 1. The van der Waals surface area contributed by atoms with Gasteiger partial charge in [-0.15, -0.1) is 0 Å². The third kappa shape index (κ3) is 2.20. The van der Waals surface area contributed by atoms with Crippen LogP contribution in [0.25, 0.3) is 0 Å². The summed E-state index contributed by atoms with van der Waals surface area (Å²) in [4.78, 5) is 12.3. The molecule has 0 aromatic heterocycles. The highest BCUT2D eigenvalue weighted by Crippen LogP contribution is 2.34. The molecule has 0 bridgehead atoms. The molecule has 2 N–H and O–H groups in total. The van der Waals surface area contributed by atoms with Gasteiger partial charge in [-0.3, -0.25) is 4.79 Å². The number of carbonyl (C=O) groups excluding carboxylic acids is 1. The van der Waals surface area contributed by atoms with E-state index in [0.717, 1.165) is 29.5 Å². The molecule has 1 aliphatic rings. The molecule has 1 fully saturated rings. The van der Waals surface area contributed by atoms with Crippen LogP contribution in [0.2, 0.25) is 0 Å². The molecule has 0 aliphatic heterocycles. The molecule has 1 aromatic carbocycles. The zero-order valence-electron chi connectivity index (χ0n) is 10.6. The third-order valence-electron chi connectivity index (χ3n) is 3.46. The number of benzene rings is 1. The average Bonchev–Trinajstić information content (AvgIpc) is 2.22. The monoisotopic (exact) mass is 233 g/mol. The van der Waals surface area contributed by atoms with Crippen molar-refractivity contribution in [2.24, 2.45) is 11.7 Å². The van der Waals surface area contributed by atoms with Gasteiger partial charge in [0.2, 0.25) is 0 Å². The summed E-state index contributed by atoms with van der Waals surface area (Å²) in [5.74, 6) is 0.953. The Morgan fingerprint density at radius 1 is 1.35 bits per heavy atom. The number of nitrogens with two attached hydrogens (primary N) is 1. The first-order chi connectivity index (χ1) is 8.02. The highest BCUT2D eigenvalue weighted by molar-refractivity contribution is 6.02. The van der Waals surface area contributed by atoms with E-state index in [4.69, 9.17) is 10.5 Å². The lowest BCUT2D eigenvalue weighted by atomic mass is 9.75. The first-order valence-corrected chi connectivity index (χ1v) is 5.98. The van der Waals surface area contributed by atoms with Crippen LogP contribution in [0.15, 0.2) is 12.1 Å². The summed E-state index contributed by atoms with van der Waals surface area (Å²) in [7, 11) is 1.61. The molecule has 2 rings (SSSR count). The molecule has 0 spiro atoms. The van der Waals surface area contributed by atoms with Gasteiger partial charge in [-0.2, -0.15) is 0 Å². The summed E-state index contributed by atoms with van der Waals surface area (Å²) >= 11 is 0. The smallest absolute Gasteiger partial charge is 0.170 e. The number of carbonyl (C=O) groups is 1. The molecular weight excluding hydrogens is 214 g/mol. The van der Waals surface area contributed by atoms with Crippen LogP contribution in [0.5, 0.6) is 5.75 Å². The summed E-state index contributed by atoms with van der Waals surface area (Å²) in [6.07, 6.45) is 1.60. The first kappa shape index (κ1) is 12.1. The summed E-state index contributed by atoms with van der Waals surface area (Å²) in [5.41, 5.74) is 8.57. The SMILES string of the molecule is COc1cc(C)cc(C)c1C(=O)C1CC(N)C1. The molecule has 92 valence electrons. The fourth-order valence-corrected chi connectivity index (χ4v) is 2.49. The molecule has 1 saturated carbocycles. The van der Waals surface area contributed by atoms with Crippen molar-refractivity contribution in [1.29, 1.82) is 0 Å². The third-order valence-corrected chi connectivity index (χ3v) is 3.46. The van der Waals surface area contributed by atoms with Crippen molar-refractivity contribution in [3.05, 3.63) is 28.8 Å². The Labute approximate surface area is 102 Å². The number of ether oxygens (including phenoxy) is 1. The van der Waals surface area contributed by atoms with Crippen molar-refractivity contribution >= 4 is 5.78 Å². The van der Waals surface area contributed by atoms with Gasteiger partial charge >= 0.3 is 0 Å². The van der Waals surface area contributed by atoms with Crippen LogP contribution in [0.4, 0.5) is 0 Å². The standard InChI is InChI=1S/C14H19NO2/c1-8-4-9(2)13(12(5-8)17-3)14(16)10-6-11(15)7-10/h4-5,10-11H,6-7,15H2,1-3H3. The van der Waals surface area contributed by atoms with E-state index >= 15 is 0 Å².